The molecule has 222 valence electrons. The molecule has 0 bridgehead atoms. The molecule has 1 aromatic heterocycles. The van der Waals surface area contributed by atoms with Gasteiger partial charge < -0.3 is 29.0 Å². The van der Waals surface area contributed by atoms with Crippen molar-refractivity contribution in [1.82, 2.24) is 19.6 Å². The van der Waals surface area contributed by atoms with Crippen LogP contribution in [0.1, 0.15) is 29.3 Å². The zero-order chi connectivity index (χ0) is 29.8. The zero-order valence-corrected chi connectivity index (χ0v) is 24.3. The first-order chi connectivity index (χ1) is 20.4. The highest BCUT2D eigenvalue weighted by Gasteiger charge is 2.46. The van der Waals surface area contributed by atoms with E-state index in [2.05, 4.69) is 10.00 Å². The van der Waals surface area contributed by atoms with Gasteiger partial charge in [0.05, 0.1) is 69.3 Å². The minimum atomic E-state index is -0.886. The van der Waals surface area contributed by atoms with E-state index in [0.29, 0.717) is 60.2 Å². The van der Waals surface area contributed by atoms with Crippen molar-refractivity contribution in [2.75, 3.05) is 60.7 Å². The number of ether oxygens (including phenoxy) is 4. The van der Waals surface area contributed by atoms with E-state index in [4.69, 9.17) is 18.9 Å². The Morgan fingerprint density at radius 2 is 1.67 bits per heavy atom. The number of hydrogen-bond acceptors (Lipinski definition) is 9. The SMILES string of the molecule is COc1cc(C2/C(=C(/O)c3cnn(-c4ccccc4)c3C)C(=O)C(=O)N2CCCN2CCOCC2)cc(OC)c1OC. The fraction of sp³-hybridized carbons (Fsp3) is 0.387. The first-order valence-electron chi connectivity index (χ1n) is 13.9. The fourth-order valence-electron chi connectivity index (χ4n) is 5.62. The lowest BCUT2D eigenvalue weighted by Crippen LogP contribution is -2.39. The summed E-state index contributed by atoms with van der Waals surface area (Å²) in [6.45, 7) is 5.85. The molecule has 1 N–H and O–H groups in total. The minimum Gasteiger partial charge on any atom is -0.507 e. The number of ketones is 1. The maximum atomic E-state index is 13.6. The van der Waals surface area contributed by atoms with Crippen LogP contribution in [0.2, 0.25) is 0 Å². The summed E-state index contributed by atoms with van der Waals surface area (Å²) in [4.78, 5) is 31.0. The number of amides is 1. The van der Waals surface area contributed by atoms with Crippen molar-refractivity contribution >= 4 is 17.4 Å². The lowest BCUT2D eigenvalue weighted by Gasteiger charge is -2.29. The van der Waals surface area contributed by atoms with Crippen LogP contribution in [0.15, 0.2) is 54.2 Å². The molecule has 3 aromatic rings. The van der Waals surface area contributed by atoms with Gasteiger partial charge in [-0.15, -0.1) is 0 Å². The van der Waals surface area contributed by atoms with E-state index in [0.717, 1.165) is 25.3 Å². The lowest BCUT2D eigenvalue weighted by molar-refractivity contribution is -0.140. The first kappa shape index (κ1) is 29.2. The Kier molecular flexibility index (Phi) is 8.79. The molecule has 5 rings (SSSR count). The molecule has 1 unspecified atom stereocenters. The van der Waals surface area contributed by atoms with Crippen molar-refractivity contribution in [1.29, 1.82) is 0 Å². The van der Waals surface area contributed by atoms with E-state index >= 15 is 0 Å². The van der Waals surface area contributed by atoms with Crippen LogP contribution in [-0.4, -0.2) is 97.1 Å². The van der Waals surface area contributed by atoms with Gasteiger partial charge in [-0.3, -0.25) is 14.5 Å². The molecule has 0 aliphatic carbocycles. The molecular weight excluding hydrogens is 540 g/mol. The van der Waals surface area contributed by atoms with Crippen LogP contribution >= 0.6 is 0 Å². The van der Waals surface area contributed by atoms with Gasteiger partial charge in [-0.2, -0.15) is 5.10 Å². The number of carbonyl (C=O) groups excluding carboxylic acids is 2. The quantitative estimate of drug-likeness (QED) is 0.220. The average Bonchev–Trinajstić information content (AvgIpc) is 3.53. The topological polar surface area (TPSA) is 116 Å². The summed E-state index contributed by atoms with van der Waals surface area (Å²) in [5.41, 5.74) is 2.32. The third-order valence-corrected chi connectivity index (χ3v) is 7.79. The van der Waals surface area contributed by atoms with Crippen molar-refractivity contribution in [3.63, 3.8) is 0 Å². The highest BCUT2D eigenvalue weighted by atomic mass is 16.5. The van der Waals surface area contributed by atoms with Crippen LogP contribution in [-0.2, 0) is 14.3 Å². The molecule has 2 aliphatic rings. The number of aliphatic hydroxyl groups is 1. The van der Waals surface area contributed by atoms with Crippen molar-refractivity contribution in [2.24, 2.45) is 0 Å². The number of para-hydroxylation sites is 1. The summed E-state index contributed by atoms with van der Waals surface area (Å²) in [5, 5.41) is 16.2. The Balaban J connectivity index is 1.59. The highest BCUT2D eigenvalue weighted by Crippen LogP contribution is 2.46. The Morgan fingerprint density at radius 1 is 1.00 bits per heavy atom. The molecule has 1 atom stereocenters. The minimum absolute atomic E-state index is 0.0173. The fourth-order valence-corrected chi connectivity index (χ4v) is 5.62. The van der Waals surface area contributed by atoms with Crippen LogP contribution in [0.3, 0.4) is 0 Å². The van der Waals surface area contributed by atoms with Crippen molar-refractivity contribution in [3.05, 3.63) is 71.1 Å². The zero-order valence-electron chi connectivity index (χ0n) is 24.3. The van der Waals surface area contributed by atoms with Gasteiger partial charge in [0, 0.05) is 26.2 Å². The summed E-state index contributed by atoms with van der Waals surface area (Å²) in [6.07, 6.45) is 2.15. The summed E-state index contributed by atoms with van der Waals surface area (Å²) in [5.74, 6) is -0.594. The Morgan fingerprint density at radius 3 is 2.29 bits per heavy atom. The predicted molar refractivity (Wildman–Crippen MR) is 155 cm³/mol. The molecule has 2 aliphatic heterocycles. The number of methoxy groups -OCH3 is 3. The van der Waals surface area contributed by atoms with Crippen LogP contribution in [0, 0.1) is 6.92 Å². The normalized spacial score (nSPS) is 18.9. The van der Waals surface area contributed by atoms with Gasteiger partial charge in [-0.05, 0) is 43.2 Å². The third kappa shape index (κ3) is 5.45. The van der Waals surface area contributed by atoms with Crippen LogP contribution < -0.4 is 14.2 Å². The van der Waals surface area contributed by atoms with Gasteiger partial charge in [0.25, 0.3) is 11.7 Å². The predicted octanol–water partition coefficient (Wildman–Crippen LogP) is 3.35. The van der Waals surface area contributed by atoms with E-state index in [-0.39, 0.29) is 11.3 Å². The molecule has 2 saturated heterocycles. The van der Waals surface area contributed by atoms with Crippen molar-refractivity contribution in [3.8, 4) is 22.9 Å². The second kappa shape index (κ2) is 12.7. The number of aromatic nitrogens is 2. The summed E-state index contributed by atoms with van der Waals surface area (Å²) in [7, 11) is 4.51. The molecule has 42 heavy (non-hydrogen) atoms. The van der Waals surface area contributed by atoms with E-state index in [1.807, 2.05) is 37.3 Å². The van der Waals surface area contributed by atoms with Gasteiger partial charge in [0.15, 0.2) is 11.5 Å². The van der Waals surface area contributed by atoms with Gasteiger partial charge in [-0.1, -0.05) is 18.2 Å². The second-order valence-electron chi connectivity index (χ2n) is 10.1. The number of hydrogen-bond donors (Lipinski definition) is 1. The third-order valence-electron chi connectivity index (χ3n) is 7.79. The van der Waals surface area contributed by atoms with E-state index < -0.39 is 17.7 Å². The smallest absolute Gasteiger partial charge is 0.295 e. The van der Waals surface area contributed by atoms with Gasteiger partial charge in [-0.25, -0.2) is 4.68 Å². The first-order valence-corrected chi connectivity index (χ1v) is 13.9. The molecule has 11 nitrogen and oxygen atoms in total. The van der Waals surface area contributed by atoms with E-state index in [9.17, 15) is 14.7 Å². The maximum absolute atomic E-state index is 13.6. The van der Waals surface area contributed by atoms with Crippen LogP contribution in [0.25, 0.3) is 11.4 Å². The number of likely N-dealkylation sites (tertiary alicyclic amines) is 1. The van der Waals surface area contributed by atoms with Gasteiger partial charge in [0.1, 0.15) is 5.76 Å². The van der Waals surface area contributed by atoms with Crippen LogP contribution in [0.4, 0.5) is 0 Å². The molecule has 1 amide bonds. The summed E-state index contributed by atoms with van der Waals surface area (Å²) >= 11 is 0. The average molecular weight is 577 g/mol. The lowest BCUT2D eigenvalue weighted by atomic mass is 9.94. The standard InChI is InChI=1S/C31H36N4O7/c1-20-23(19-32-35(20)22-9-6-5-7-10-22)28(36)26-27(21-17-24(39-2)30(41-4)25(18-21)40-3)34(31(38)29(26)37)12-8-11-33-13-15-42-16-14-33/h5-7,9-10,17-19,27,36H,8,11-16H2,1-4H3/b28-26-. The number of morpholine rings is 1. The molecule has 11 heteroatoms. The number of benzene rings is 2. The number of Topliss-reactive ketones (excluding diaryl/α,β-unsaturated/α-hetero) is 1. The number of aliphatic hydroxyl groups excluding tert-OH is 1. The molecule has 0 spiro atoms. The Bertz CT molecular complexity index is 1450. The molecule has 2 aromatic carbocycles. The van der Waals surface area contributed by atoms with E-state index in [1.165, 1.54) is 32.4 Å². The number of rotatable bonds is 10. The molecule has 0 saturated carbocycles. The maximum Gasteiger partial charge on any atom is 0.295 e. The molecular formula is C31H36N4O7. The van der Waals surface area contributed by atoms with Crippen LogP contribution in [0.5, 0.6) is 17.2 Å². The summed E-state index contributed by atoms with van der Waals surface area (Å²) in [6, 6.07) is 12.0. The van der Waals surface area contributed by atoms with Crippen molar-refractivity contribution < 1.29 is 33.6 Å². The Hall–Kier alpha value is -4.35. The number of nitrogens with zero attached hydrogens (tertiary/aromatic N) is 4. The monoisotopic (exact) mass is 576 g/mol. The number of carbonyl (C=O) groups is 2. The molecule has 3 heterocycles. The van der Waals surface area contributed by atoms with Crippen molar-refractivity contribution in [2.45, 2.75) is 19.4 Å². The van der Waals surface area contributed by atoms with E-state index in [1.54, 1.807) is 16.8 Å². The Labute approximate surface area is 244 Å². The van der Waals surface area contributed by atoms with Gasteiger partial charge >= 0.3 is 0 Å². The molecule has 2 fully saturated rings. The van der Waals surface area contributed by atoms with Gasteiger partial charge in [0.2, 0.25) is 5.75 Å². The molecule has 0 radical (unpaired) electrons. The summed E-state index contributed by atoms with van der Waals surface area (Å²) < 4.78 is 23.8. The largest absolute Gasteiger partial charge is 0.507 e. The highest BCUT2D eigenvalue weighted by molar-refractivity contribution is 6.46. The second-order valence-corrected chi connectivity index (χ2v) is 10.1.